The molecule has 0 bridgehead atoms. The van der Waals surface area contributed by atoms with Crippen LogP contribution in [0.3, 0.4) is 0 Å². The first-order valence-corrected chi connectivity index (χ1v) is 3.24. The summed E-state index contributed by atoms with van der Waals surface area (Å²) in [4.78, 5) is 10.8. The first-order chi connectivity index (χ1) is 4.80. The molecule has 0 aliphatic carbocycles. The average molecular weight is 142 g/mol. The highest BCUT2D eigenvalue weighted by Crippen LogP contribution is 1.97. The Labute approximate surface area is 59.6 Å². The lowest BCUT2D eigenvalue weighted by Crippen LogP contribution is -2.24. The molecule has 0 amide bonds. The Balaban J connectivity index is 2.48. The standard InChI is InChI=1S/C7H10O3/c1-6-7(8)10-5-3-2-4-9-6/h2-3,6H,4-5H2,1H3. The first kappa shape index (κ1) is 7.28. The van der Waals surface area contributed by atoms with Gasteiger partial charge in [0.05, 0.1) is 6.61 Å². The van der Waals surface area contributed by atoms with E-state index in [-0.39, 0.29) is 5.97 Å². The lowest BCUT2D eigenvalue weighted by molar-refractivity contribution is -0.154. The van der Waals surface area contributed by atoms with Gasteiger partial charge in [-0.25, -0.2) is 4.79 Å². The van der Waals surface area contributed by atoms with Crippen molar-refractivity contribution in [2.45, 2.75) is 13.0 Å². The first-order valence-electron chi connectivity index (χ1n) is 3.24. The summed E-state index contributed by atoms with van der Waals surface area (Å²) in [5, 5.41) is 0. The third-order valence-electron chi connectivity index (χ3n) is 1.26. The van der Waals surface area contributed by atoms with Gasteiger partial charge >= 0.3 is 5.97 Å². The molecule has 3 nitrogen and oxygen atoms in total. The van der Waals surface area contributed by atoms with Crippen LogP contribution in [0.15, 0.2) is 12.2 Å². The Hall–Kier alpha value is -0.830. The fraction of sp³-hybridized carbons (Fsp3) is 0.571. The van der Waals surface area contributed by atoms with E-state index in [2.05, 4.69) is 0 Å². The van der Waals surface area contributed by atoms with Gasteiger partial charge in [-0.2, -0.15) is 0 Å². The van der Waals surface area contributed by atoms with Crippen LogP contribution in [0.2, 0.25) is 0 Å². The maximum absolute atomic E-state index is 10.8. The third kappa shape index (κ3) is 1.84. The number of hydrogen-bond donors (Lipinski definition) is 0. The van der Waals surface area contributed by atoms with Crippen LogP contribution < -0.4 is 0 Å². The van der Waals surface area contributed by atoms with Crippen molar-refractivity contribution in [3.63, 3.8) is 0 Å². The lowest BCUT2D eigenvalue weighted by Gasteiger charge is -2.12. The number of rotatable bonds is 0. The van der Waals surface area contributed by atoms with E-state index in [4.69, 9.17) is 9.47 Å². The number of carbonyl (C=O) groups is 1. The molecular weight excluding hydrogens is 132 g/mol. The molecule has 0 aromatic carbocycles. The second-order valence-corrected chi connectivity index (χ2v) is 2.08. The zero-order valence-corrected chi connectivity index (χ0v) is 5.87. The maximum Gasteiger partial charge on any atom is 0.335 e. The average Bonchev–Trinajstić information content (AvgIpc) is 1.92. The van der Waals surface area contributed by atoms with Crippen LogP contribution in [0.5, 0.6) is 0 Å². The van der Waals surface area contributed by atoms with E-state index in [1.165, 1.54) is 0 Å². The van der Waals surface area contributed by atoms with Crippen molar-refractivity contribution in [1.82, 2.24) is 0 Å². The summed E-state index contributed by atoms with van der Waals surface area (Å²) in [5.74, 6) is -0.288. The summed E-state index contributed by atoms with van der Waals surface area (Å²) in [5.41, 5.74) is 0. The molecule has 1 rings (SSSR count). The zero-order chi connectivity index (χ0) is 7.40. The van der Waals surface area contributed by atoms with Crippen molar-refractivity contribution in [3.05, 3.63) is 12.2 Å². The molecule has 1 aliphatic rings. The van der Waals surface area contributed by atoms with Gasteiger partial charge in [-0.15, -0.1) is 0 Å². The highest BCUT2D eigenvalue weighted by Gasteiger charge is 2.14. The SMILES string of the molecule is CC1OCC=CCOC1=O. The monoisotopic (exact) mass is 142 g/mol. The molecule has 0 radical (unpaired) electrons. The number of esters is 1. The van der Waals surface area contributed by atoms with Gasteiger partial charge in [-0.1, -0.05) is 6.08 Å². The van der Waals surface area contributed by atoms with E-state index in [1.54, 1.807) is 13.0 Å². The Morgan fingerprint density at radius 3 is 3.00 bits per heavy atom. The van der Waals surface area contributed by atoms with Gasteiger partial charge in [0, 0.05) is 0 Å². The van der Waals surface area contributed by atoms with Crippen LogP contribution in [0.25, 0.3) is 0 Å². The van der Waals surface area contributed by atoms with Gasteiger partial charge in [0.1, 0.15) is 6.61 Å². The summed E-state index contributed by atoms with van der Waals surface area (Å²) in [6.45, 7) is 2.55. The van der Waals surface area contributed by atoms with Crippen molar-refractivity contribution in [2.75, 3.05) is 13.2 Å². The largest absolute Gasteiger partial charge is 0.460 e. The summed E-state index contributed by atoms with van der Waals surface area (Å²) in [6, 6.07) is 0. The van der Waals surface area contributed by atoms with Crippen LogP contribution in [0.4, 0.5) is 0 Å². The van der Waals surface area contributed by atoms with Crippen LogP contribution in [-0.4, -0.2) is 25.3 Å². The number of hydrogen-bond acceptors (Lipinski definition) is 3. The molecule has 3 heteroatoms. The quantitative estimate of drug-likeness (QED) is 0.365. The molecule has 1 aliphatic heterocycles. The summed E-state index contributed by atoms with van der Waals surface area (Å²) < 4.78 is 9.78. The van der Waals surface area contributed by atoms with Crippen LogP contribution in [-0.2, 0) is 14.3 Å². The highest BCUT2D eigenvalue weighted by atomic mass is 16.6. The predicted octanol–water partition coefficient (Wildman–Crippen LogP) is 0.504. The molecule has 1 atom stereocenters. The Kier molecular flexibility index (Phi) is 2.45. The van der Waals surface area contributed by atoms with E-state index in [0.29, 0.717) is 13.2 Å². The Bertz CT molecular complexity index is 151. The highest BCUT2D eigenvalue weighted by molar-refractivity contribution is 5.74. The van der Waals surface area contributed by atoms with Gasteiger partial charge in [0.15, 0.2) is 6.10 Å². The number of ether oxygens (including phenoxy) is 2. The minimum absolute atomic E-state index is 0.288. The van der Waals surface area contributed by atoms with E-state index in [0.717, 1.165) is 0 Å². The molecule has 0 saturated carbocycles. The third-order valence-corrected chi connectivity index (χ3v) is 1.26. The molecule has 56 valence electrons. The molecule has 0 fully saturated rings. The molecule has 0 saturated heterocycles. The second-order valence-electron chi connectivity index (χ2n) is 2.08. The van der Waals surface area contributed by atoms with Crippen molar-refractivity contribution < 1.29 is 14.3 Å². The summed E-state index contributed by atoms with van der Waals surface area (Å²) in [6.07, 6.45) is 3.18. The maximum atomic E-state index is 10.8. The van der Waals surface area contributed by atoms with Crippen LogP contribution in [0.1, 0.15) is 6.92 Å². The van der Waals surface area contributed by atoms with Crippen molar-refractivity contribution in [3.8, 4) is 0 Å². The number of carbonyl (C=O) groups excluding carboxylic acids is 1. The molecule has 0 aromatic heterocycles. The van der Waals surface area contributed by atoms with Crippen LogP contribution in [0, 0.1) is 0 Å². The summed E-state index contributed by atoms with van der Waals surface area (Å²) in [7, 11) is 0. The smallest absolute Gasteiger partial charge is 0.335 e. The molecule has 0 aromatic rings. The van der Waals surface area contributed by atoms with Gasteiger partial charge in [-0.3, -0.25) is 0 Å². The number of cyclic esters (lactones) is 1. The molecule has 1 unspecified atom stereocenters. The van der Waals surface area contributed by atoms with Crippen LogP contribution >= 0.6 is 0 Å². The minimum Gasteiger partial charge on any atom is -0.460 e. The molecule has 10 heavy (non-hydrogen) atoms. The topological polar surface area (TPSA) is 35.5 Å². The second kappa shape index (κ2) is 3.37. The van der Waals surface area contributed by atoms with Gasteiger partial charge in [-0.05, 0) is 13.0 Å². The Morgan fingerprint density at radius 2 is 2.20 bits per heavy atom. The molecule has 0 N–H and O–H groups in total. The van der Waals surface area contributed by atoms with Crippen molar-refractivity contribution in [1.29, 1.82) is 0 Å². The zero-order valence-electron chi connectivity index (χ0n) is 5.87. The van der Waals surface area contributed by atoms with Crippen molar-refractivity contribution in [2.24, 2.45) is 0 Å². The van der Waals surface area contributed by atoms with E-state index < -0.39 is 6.10 Å². The van der Waals surface area contributed by atoms with Gasteiger partial charge in [0.25, 0.3) is 0 Å². The van der Waals surface area contributed by atoms with E-state index in [9.17, 15) is 4.79 Å². The minimum atomic E-state index is -0.426. The molecule has 0 spiro atoms. The lowest BCUT2D eigenvalue weighted by atomic mass is 10.4. The molecule has 1 heterocycles. The normalized spacial score (nSPS) is 26.9. The Morgan fingerprint density at radius 1 is 1.50 bits per heavy atom. The van der Waals surface area contributed by atoms with Gasteiger partial charge < -0.3 is 9.47 Å². The van der Waals surface area contributed by atoms with E-state index >= 15 is 0 Å². The molecular formula is C7H10O3. The fourth-order valence-electron chi connectivity index (χ4n) is 0.652. The predicted molar refractivity (Wildman–Crippen MR) is 35.5 cm³/mol. The van der Waals surface area contributed by atoms with Crippen molar-refractivity contribution >= 4 is 5.97 Å². The fourth-order valence-corrected chi connectivity index (χ4v) is 0.652. The van der Waals surface area contributed by atoms with Gasteiger partial charge in [0.2, 0.25) is 0 Å². The van der Waals surface area contributed by atoms with E-state index in [1.807, 2.05) is 6.08 Å². The summed E-state index contributed by atoms with van der Waals surface area (Å²) >= 11 is 0.